The van der Waals surface area contributed by atoms with Crippen molar-refractivity contribution in [3.63, 3.8) is 0 Å². The number of hydrogen-bond acceptors (Lipinski definition) is 10. The Labute approximate surface area is 317 Å². The van der Waals surface area contributed by atoms with Crippen molar-refractivity contribution < 1.29 is 48.3 Å². The van der Waals surface area contributed by atoms with Crippen LogP contribution in [0.4, 0.5) is 0 Å². The molecule has 3 fully saturated rings. The SMILES string of the molecule is CCC1C=C(C)CC(C)CC(OC)C2OC(O)(C(=O)C(=O)N3CCCCC3C(=O)OC(C(C)=CC3CCCCC3)C(C)C(O)CC1=O)C(C)CC2OC. The summed E-state index contributed by atoms with van der Waals surface area (Å²) in [5, 5.41) is 23.6. The fourth-order valence-corrected chi connectivity index (χ4v) is 9.14. The number of Topliss-reactive ketones (excluding diaryl/α,β-unsaturated/α-hetero) is 2. The summed E-state index contributed by atoms with van der Waals surface area (Å²) < 4.78 is 24.2. The van der Waals surface area contributed by atoms with Crippen LogP contribution in [0.2, 0.25) is 0 Å². The number of carbonyl (C=O) groups is 4. The summed E-state index contributed by atoms with van der Waals surface area (Å²) in [4.78, 5) is 57.4. The number of nitrogens with zero attached hydrogens (tertiary/aromatic N) is 1. The maximum atomic E-state index is 14.2. The van der Waals surface area contributed by atoms with Crippen LogP contribution in [0.1, 0.15) is 125 Å². The van der Waals surface area contributed by atoms with E-state index in [0.29, 0.717) is 38.0 Å². The first-order valence-corrected chi connectivity index (χ1v) is 20.2. The van der Waals surface area contributed by atoms with Gasteiger partial charge in [-0.05, 0) is 89.0 Å². The molecule has 1 aliphatic carbocycles. The molecule has 0 radical (unpaired) electrons. The van der Waals surface area contributed by atoms with Crippen LogP contribution in [0.25, 0.3) is 0 Å². The molecular formula is C42H67NO10. The number of ether oxygens (including phenoxy) is 4. The summed E-state index contributed by atoms with van der Waals surface area (Å²) in [6.07, 6.45) is 9.10. The maximum absolute atomic E-state index is 14.2. The third-order valence-electron chi connectivity index (χ3n) is 12.4. The van der Waals surface area contributed by atoms with Gasteiger partial charge < -0.3 is 34.1 Å². The van der Waals surface area contributed by atoms with Gasteiger partial charge in [0.25, 0.3) is 11.7 Å². The Bertz CT molecular complexity index is 1340. The molecular weight excluding hydrogens is 678 g/mol. The Hall–Kier alpha value is -2.44. The summed E-state index contributed by atoms with van der Waals surface area (Å²) in [6.45, 7) is 11.5. The average molecular weight is 746 g/mol. The fourth-order valence-electron chi connectivity index (χ4n) is 9.14. The van der Waals surface area contributed by atoms with Gasteiger partial charge >= 0.3 is 5.97 Å². The number of amides is 1. The van der Waals surface area contributed by atoms with E-state index in [1.54, 1.807) is 28.1 Å². The van der Waals surface area contributed by atoms with Gasteiger partial charge in [-0.15, -0.1) is 0 Å². The van der Waals surface area contributed by atoms with E-state index in [4.69, 9.17) is 18.9 Å². The van der Waals surface area contributed by atoms with Crippen molar-refractivity contribution in [2.75, 3.05) is 20.8 Å². The number of cyclic esters (lactones) is 1. The Morgan fingerprint density at radius 2 is 1.60 bits per heavy atom. The third kappa shape index (κ3) is 10.5. The smallest absolute Gasteiger partial charge is 0.329 e. The van der Waals surface area contributed by atoms with Crippen molar-refractivity contribution in [3.8, 4) is 0 Å². The normalized spacial score (nSPS) is 38.4. The third-order valence-corrected chi connectivity index (χ3v) is 12.4. The van der Waals surface area contributed by atoms with Crippen molar-refractivity contribution in [2.45, 2.75) is 167 Å². The first-order valence-electron chi connectivity index (χ1n) is 20.2. The predicted octanol–water partition coefficient (Wildman–Crippen LogP) is 5.88. The zero-order valence-corrected chi connectivity index (χ0v) is 33.5. The lowest BCUT2D eigenvalue weighted by atomic mass is 9.82. The highest BCUT2D eigenvalue weighted by Gasteiger charge is 2.56. The van der Waals surface area contributed by atoms with Gasteiger partial charge in [0.2, 0.25) is 5.79 Å². The Morgan fingerprint density at radius 3 is 2.25 bits per heavy atom. The number of aliphatic hydroxyl groups is 2. The van der Waals surface area contributed by atoms with Crippen LogP contribution in [0.5, 0.6) is 0 Å². The average Bonchev–Trinajstić information content (AvgIpc) is 3.14. The summed E-state index contributed by atoms with van der Waals surface area (Å²) >= 11 is 0. The van der Waals surface area contributed by atoms with Crippen LogP contribution in [-0.2, 0) is 38.1 Å². The first kappa shape index (κ1) is 43.3. The molecule has 11 heteroatoms. The van der Waals surface area contributed by atoms with Gasteiger partial charge in [-0.2, -0.15) is 0 Å². The van der Waals surface area contributed by atoms with E-state index < -0.39 is 71.8 Å². The van der Waals surface area contributed by atoms with E-state index in [1.807, 2.05) is 26.8 Å². The molecule has 1 amide bonds. The molecule has 0 spiro atoms. The molecule has 2 bridgehead atoms. The van der Waals surface area contributed by atoms with Crippen LogP contribution < -0.4 is 0 Å². The number of ketones is 2. The van der Waals surface area contributed by atoms with Crippen LogP contribution in [0, 0.1) is 29.6 Å². The zero-order valence-electron chi connectivity index (χ0n) is 33.5. The molecule has 2 N–H and O–H groups in total. The maximum Gasteiger partial charge on any atom is 0.329 e. The summed E-state index contributed by atoms with van der Waals surface area (Å²) in [6, 6.07) is -1.07. The quantitative estimate of drug-likeness (QED) is 0.199. The monoisotopic (exact) mass is 745 g/mol. The number of aliphatic hydroxyl groups excluding tert-OH is 1. The number of carbonyl (C=O) groups excluding carboxylic acids is 4. The minimum absolute atomic E-state index is 0.0614. The predicted molar refractivity (Wildman–Crippen MR) is 200 cm³/mol. The fraction of sp³-hybridized carbons (Fsp3) is 0.810. The van der Waals surface area contributed by atoms with E-state index in [1.165, 1.54) is 11.3 Å². The van der Waals surface area contributed by atoms with Crippen molar-refractivity contribution in [1.29, 1.82) is 0 Å². The minimum atomic E-state index is -2.47. The number of rotatable bonds is 5. The highest BCUT2D eigenvalue weighted by molar-refractivity contribution is 6.39. The number of piperidine rings is 1. The van der Waals surface area contributed by atoms with Crippen molar-refractivity contribution >= 4 is 23.4 Å². The summed E-state index contributed by atoms with van der Waals surface area (Å²) in [5.74, 6) is -6.77. The Balaban J connectivity index is 1.76. The van der Waals surface area contributed by atoms with Gasteiger partial charge in [-0.3, -0.25) is 14.4 Å². The van der Waals surface area contributed by atoms with E-state index >= 15 is 0 Å². The molecule has 0 aromatic heterocycles. The van der Waals surface area contributed by atoms with Crippen LogP contribution in [0.15, 0.2) is 23.3 Å². The molecule has 53 heavy (non-hydrogen) atoms. The number of esters is 1. The lowest BCUT2D eigenvalue weighted by molar-refractivity contribution is -0.302. The van der Waals surface area contributed by atoms with Gasteiger partial charge in [0.05, 0.1) is 18.3 Å². The second-order valence-corrected chi connectivity index (χ2v) is 16.6. The number of methoxy groups -OCH3 is 2. The molecule has 0 aromatic carbocycles. The first-order chi connectivity index (χ1) is 25.1. The number of fused-ring (bicyclic) bond motifs is 3. The highest BCUT2D eigenvalue weighted by atomic mass is 16.7. The standard InChI is InChI=1S/C42H67NO10/c1-9-31-20-25(2)19-26(3)21-35(50-7)38-36(51-8)23-28(5)42(49,53-38)39(46)40(47)43-18-14-13-17-32(43)41(48)52-37(29(6)33(44)24-34(31)45)27(4)22-30-15-11-10-12-16-30/h20,22,26,28-33,35-38,44,49H,9-19,21,23-24H2,1-8H3. The molecule has 0 aromatic rings. The summed E-state index contributed by atoms with van der Waals surface area (Å²) in [7, 11) is 3.09. The molecule has 3 heterocycles. The second kappa shape index (κ2) is 19.4. The number of allylic oxidation sites excluding steroid dienone is 3. The van der Waals surface area contributed by atoms with Gasteiger partial charge in [-0.25, -0.2) is 4.79 Å². The summed E-state index contributed by atoms with van der Waals surface area (Å²) in [5.41, 5.74) is 1.82. The van der Waals surface area contributed by atoms with Crippen LogP contribution in [-0.4, -0.2) is 102 Å². The number of hydrogen-bond donors (Lipinski definition) is 2. The molecule has 11 unspecified atom stereocenters. The molecule has 300 valence electrons. The largest absolute Gasteiger partial charge is 0.456 e. The molecule has 4 rings (SSSR count). The zero-order chi connectivity index (χ0) is 39.0. The molecule has 2 saturated heterocycles. The molecule has 3 aliphatic heterocycles. The lowest BCUT2D eigenvalue weighted by Gasteiger charge is -2.47. The van der Waals surface area contributed by atoms with E-state index in [0.717, 1.165) is 36.8 Å². The highest BCUT2D eigenvalue weighted by Crippen LogP contribution is 2.39. The Kier molecular flexibility index (Phi) is 15.9. The van der Waals surface area contributed by atoms with E-state index in [9.17, 15) is 29.4 Å². The van der Waals surface area contributed by atoms with Gasteiger partial charge in [-0.1, -0.05) is 64.7 Å². The van der Waals surface area contributed by atoms with Gasteiger partial charge in [0, 0.05) is 44.9 Å². The lowest BCUT2D eigenvalue weighted by Crippen LogP contribution is -2.64. The van der Waals surface area contributed by atoms with Crippen molar-refractivity contribution in [3.05, 3.63) is 23.3 Å². The van der Waals surface area contributed by atoms with E-state index in [2.05, 4.69) is 13.0 Å². The van der Waals surface area contributed by atoms with Gasteiger partial charge in [0.15, 0.2) is 0 Å². The molecule has 11 nitrogen and oxygen atoms in total. The van der Waals surface area contributed by atoms with Crippen LogP contribution in [0.3, 0.4) is 0 Å². The topological polar surface area (TPSA) is 149 Å². The van der Waals surface area contributed by atoms with Crippen LogP contribution >= 0.6 is 0 Å². The molecule has 11 atom stereocenters. The van der Waals surface area contributed by atoms with Gasteiger partial charge in [0.1, 0.15) is 24.0 Å². The molecule has 1 saturated carbocycles. The Morgan fingerprint density at radius 1 is 0.962 bits per heavy atom. The minimum Gasteiger partial charge on any atom is -0.456 e. The second-order valence-electron chi connectivity index (χ2n) is 16.6. The van der Waals surface area contributed by atoms with E-state index in [-0.39, 0.29) is 43.4 Å². The van der Waals surface area contributed by atoms with Crippen molar-refractivity contribution in [2.24, 2.45) is 29.6 Å². The van der Waals surface area contributed by atoms with Crippen molar-refractivity contribution in [1.82, 2.24) is 4.90 Å². The molecule has 4 aliphatic rings.